The van der Waals surface area contributed by atoms with Gasteiger partial charge in [0.15, 0.2) is 5.69 Å². The molecular weight excluding hydrogens is 422 g/mol. The van der Waals surface area contributed by atoms with E-state index in [4.69, 9.17) is 0 Å². The third-order valence-corrected chi connectivity index (χ3v) is 7.21. The van der Waals surface area contributed by atoms with Crippen molar-refractivity contribution in [2.45, 2.75) is 38.0 Å². The van der Waals surface area contributed by atoms with Crippen LogP contribution in [-0.2, 0) is 11.2 Å². The standard InChI is InChI=1S/C24H27N5O2S/c30-23(25-13-10-20-7-4-16-32-20)18-11-14-28(15-12-18)24(31)21-22(17-8-9-17)29(27-26-21)19-5-2-1-3-6-19/h1-7,16-18H,8-15H2,(H,25,30). The van der Waals surface area contributed by atoms with Crippen molar-refractivity contribution in [3.63, 3.8) is 0 Å². The molecule has 0 unspecified atom stereocenters. The van der Waals surface area contributed by atoms with Gasteiger partial charge in [0.1, 0.15) is 0 Å². The van der Waals surface area contributed by atoms with Crippen LogP contribution in [0.25, 0.3) is 5.69 Å². The van der Waals surface area contributed by atoms with Gasteiger partial charge in [0.25, 0.3) is 5.91 Å². The lowest BCUT2D eigenvalue weighted by atomic mass is 9.95. The van der Waals surface area contributed by atoms with Gasteiger partial charge in [-0.05, 0) is 55.7 Å². The number of nitrogens with one attached hydrogen (secondary N) is 1. The maximum Gasteiger partial charge on any atom is 0.276 e. The molecule has 2 fully saturated rings. The fourth-order valence-corrected chi connectivity index (χ4v) is 5.04. The molecule has 1 N–H and O–H groups in total. The SMILES string of the molecule is O=C(NCCc1cccs1)C1CCN(C(=O)c2nnn(-c3ccccc3)c2C2CC2)CC1. The largest absolute Gasteiger partial charge is 0.355 e. The molecule has 5 rings (SSSR count). The van der Waals surface area contributed by atoms with Crippen LogP contribution in [0.15, 0.2) is 47.8 Å². The van der Waals surface area contributed by atoms with Gasteiger partial charge in [-0.1, -0.05) is 29.5 Å². The normalized spacial score (nSPS) is 16.8. The molecule has 1 saturated heterocycles. The van der Waals surface area contributed by atoms with Gasteiger partial charge in [0, 0.05) is 36.3 Å². The van der Waals surface area contributed by atoms with Crippen LogP contribution >= 0.6 is 11.3 Å². The van der Waals surface area contributed by atoms with E-state index >= 15 is 0 Å². The van der Waals surface area contributed by atoms with Crippen LogP contribution in [0, 0.1) is 5.92 Å². The number of hydrogen-bond acceptors (Lipinski definition) is 5. The minimum absolute atomic E-state index is 0.0368. The zero-order valence-corrected chi connectivity index (χ0v) is 18.8. The second-order valence-corrected chi connectivity index (χ2v) is 9.56. The third-order valence-electron chi connectivity index (χ3n) is 6.28. The Morgan fingerprint density at radius 3 is 2.50 bits per heavy atom. The van der Waals surface area contributed by atoms with Crippen LogP contribution in [0.3, 0.4) is 0 Å². The van der Waals surface area contributed by atoms with Gasteiger partial charge < -0.3 is 10.2 Å². The van der Waals surface area contributed by atoms with Crippen LogP contribution < -0.4 is 5.32 Å². The fourth-order valence-electron chi connectivity index (χ4n) is 4.33. The van der Waals surface area contributed by atoms with Crippen molar-refractivity contribution in [3.05, 3.63) is 64.1 Å². The first-order valence-electron chi connectivity index (χ1n) is 11.3. The number of benzene rings is 1. The van der Waals surface area contributed by atoms with Crippen LogP contribution in [0.5, 0.6) is 0 Å². The van der Waals surface area contributed by atoms with Gasteiger partial charge in [-0.25, -0.2) is 4.68 Å². The maximum absolute atomic E-state index is 13.3. The Labute approximate surface area is 191 Å². The highest BCUT2D eigenvalue weighted by Crippen LogP contribution is 2.42. The average molecular weight is 450 g/mol. The summed E-state index contributed by atoms with van der Waals surface area (Å²) in [5, 5.41) is 13.7. The number of carbonyl (C=O) groups is 2. The summed E-state index contributed by atoms with van der Waals surface area (Å²) in [6, 6.07) is 14.0. The number of piperidine rings is 1. The molecular formula is C24H27N5O2S. The summed E-state index contributed by atoms with van der Waals surface area (Å²) >= 11 is 1.71. The Hall–Kier alpha value is -3.00. The summed E-state index contributed by atoms with van der Waals surface area (Å²) in [5.74, 6) is 0.342. The molecule has 0 spiro atoms. The molecule has 8 heteroatoms. The highest BCUT2D eigenvalue weighted by molar-refractivity contribution is 7.09. The number of thiophene rings is 1. The van der Waals surface area contributed by atoms with Crippen molar-refractivity contribution in [3.8, 4) is 5.69 Å². The maximum atomic E-state index is 13.3. The minimum atomic E-state index is -0.0642. The monoisotopic (exact) mass is 449 g/mol. The number of likely N-dealkylation sites (tertiary alicyclic amines) is 1. The van der Waals surface area contributed by atoms with Gasteiger partial charge >= 0.3 is 0 Å². The average Bonchev–Trinajstić information content (AvgIpc) is 3.35. The molecule has 1 aliphatic heterocycles. The highest BCUT2D eigenvalue weighted by Gasteiger charge is 2.37. The zero-order chi connectivity index (χ0) is 21.9. The number of nitrogens with zero attached hydrogens (tertiary/aromatic N) is 4. The summed E-state index contributed by atoms with van der Waals surface area (Å²) in [4.78, 5) is 28.9. The van der Waals surface area contributed by atoms with E-state index in [2.05, 4.69) is 27.1 Å². The van der Waals surface area contributed by atoms with Crippen LogP contribution in [0.2, 0.25) is 0 Å². The molecule has 1 aliphatic carbocycles. The third kappa shape index (κ3) is 4.46. The Morgan fingerprint density at radius 1 is 1.03 bits per heavy atom. The first-order valence-corrected chi connectivity index (χ1v) is 12.2. The molecule has 2 aromatic heterocycles. The molecule has 1 saturated carbocycles. The first-order chi connectivity index (χ1) is 15.7. The highest BCUT2D eigenvalue weighted by atomic mass is 32.1. The molecule has 166 valence electrons. The van der Waals surface area contributed by atoms with E-state index in [9.17, 15) is 9.59 Å². The van der Waals surface area contributed by atoms with Crippen molar-refractivity contribution < 1.29 is 9.59 Å². The van der Waals surface area contributed by atoms with Crippen LogP contribution in [0.1, 0.15) is 52.7 Å². The molecule has 3 heterocycles. The van der Waals surface area contributed by atoms with Crippen LogP contribution in [-0.4, -0.2) is 51.3 Å². The molecule has 0 radical (unpaired) electrons. The number of rotatable bonds is 7. The second-order valence-electron chi connectivity index (χ2n) is 8.53. The Balaban J connectivity index is 1.20. The molecule has 3 aromatic rings. The van der Waals surface area contributed by atoms with Crippen molar-refractivity contribution in [2.24, 2.45) is 5.92 Å². The zero-order valence-electron chi connectivity index (χ0n) is 17.9. The number of para-hydroxylation sites is 1. The number of aromatic nitrogens is 3. The summed E-state index contributed by atoms with van der Waals surface area (Å²) < 4.78 is 1.82. The Bertz CT molecular complexity index is 1070. The van der Waals surface area contributed by atoms with E-state index in [1.165, 1.54) is 4.88 Å². The molecule has 7 nitrogen and oxygen atoms in total. The van der Waals surface area contributed by atoms with Crippen molar-refractivity contribution in [1.82, 2.24) is 25.2 Å². The molecule has 0 bridgehead atoms. The smallest absolute Gasteiger partial charge is 0.276 e. The topological polar surface area (TPSA) is 80.1 Å². The summed E-state index contributed by atoms with van der Waals surface area (Å²) in [5.41, 5.74) is 2.32. The molecule has 2 amide bonds. The molecule has 1 aromatic carbocycles. The lowest BCUT2D eigenvalue weighted by Gasteiger charge is -2.31. The van der Waals surface area contributed by atoms with Crippen molar-refractivity contribution in [1.29, 1.82) is 0 Å². The predicted octanol–water partition coefficient (Wildman–Crippen LogP) is 3.42. The fraction of sp³-hybridized carbons (Fsp3) is 0.417. The number of carbonyl (C=O) groups excluding carboxylic acids is 2. The van der Waals surface area contributed by atoms with Crippen molar-refractivity contribution in [2.75, 3.05) is 19.6 Å². The number of amides is 2. The summed E-state index contributed by atoms with van der Waals surface area (Å²) in [6.45, 7) is 1.81. The van der Waals surface area contributed by atoms with Gasteiger partial charge in [-0.2, -0.15) is 0 Å². The van der Waals surface area contributed by atoms with E-state index in [1.807, 2.05) is 46.0 Å². The van der Waals surface area contributed by atoms with E-state index in [-0.39, 0.29) is 17.7 Å². The summed E-state index contributed by atoms with van der Waals surface area (Å²) in [6.07, 6.45) is 4.36. The summed E-state index contributed by atoms with van der Waals surface area (Å²) in [7, 11) is 0. The Morgan fingerprint density at radius 2 is 1.81 bits per heavy atom. The van der Waals surface area contributed by atoms with E-state index in [0.29, 0.717) is 44.1 Å². The van der Waals surface area contributed by atoms with Crippen molar-refractivity contribution >= 4 is 23.2 Å². The second kappa shape index (κ2) is 9.24. The predicted molar refractivity (Wildman–Crippen MR) is 123 cm³/mol. The quantitative estimate of drug-likeness (QED) is 0.599. The lowest BCUT2D eigenvalue weighted by molar-refractivity contribution is -0.126. The Kier molecular flexibility index (Phi) is 6.03. The first kappa shape index (κ1) is 20.9. The molecule has 32 heavy (non-hydrogen) atoms. The minimum Gasteiger partial charge on any atom is -0.355 e. The van der Waals surface area contributed by atoms with Gasteiger partial charge in [0.2, 0.25) is 5.91 Å². The van der Waals surface area contributed by atoms with Gasteiger partial charge in [0.05, 0.1) is 11.4 Å². The van der Waals surface area contributed by atoms with E-state index in [1.54, 1.807) is 11.3 Å². The molecule has 2 aliphatic rings. The van der Waals surface area contributed by atoms with E-state index in [0.717, 1.165) is 30.6 Å². The van der Waals surface area contributed by atoms with Gasteiger partial charge in [-0.15, -0.1) is 16.4 Å². The molecule has 0 atom stereocenters. The van der Waals surface area contributed by atoms with E-state index < -0.39 is 0 Å². The van der Waals surface area contributed by atoms with Crippen LogP contribution in [0.4, 0.5) is 0 Å². The van der Waals surface area contributed by atoms with Gasteiger partial charge in [-0.3, -0.25) is 9.59 Å². The number of hydrogen-bond donors (Lipinski definition) is 1. The lowest BCUT2D eigenvalue weighted by Crippen LogP contribution is -2.43.